The molecule has 1 aliphatic rings. The summed E-state index contributed by atoms with van der Waals surface area (Å²) in [5.41, 5.74) is 0. The standard InChI is InChI=1S/C16H25N3O4S/c1-3-12(4-2)13(18-7-9-23-10-8-18)11-17-16(20)14-5-6-15(24-14)19(21)22/h5-6,12-13H,3-4,7-11H2,1-2H3,(H,17,20)/t13-/m0/s1. The van der Waals surface area contributed by atoms with Crippen molar-refractivity contribution in [1.82, 2.24) is 10.2 Å². The third-order valence-electron chi connectivity index (χ3n) is 4.57. The third kappa shape index (κ3) is 4.75. The number of morpholine rings is 1. The molecule has 1 aromatic heterocycles. The van der Waals surface area contributed by atoms with Crippen molar-refractivity contribution in [2.45, 2.75) is 32.7 Å². The SMILES string of the molecule is CCC(CC)[C@H](CNC(=O)c1ccc([N+](=O)[O-])s1)N1CCOCC1. The highest BCUT2D eigenvalue weighted by molar-refractivity contribution is 7.17. The first kappa shape index (κ1) is 18.8. The molecule has 2 heterocycles. The van der Waals surface area contributed by atoms with Crippen LogP contribution in [0, 0.1) is 16.0 Å². The van der Waals surface area contributed by atoms with E-state index in [0.29, 0.717) is 17.3 Å². The Morgan fingerprint density at radius 3 is 2.58 bits per heavy atom. The molecule has 7 nitrogen and oxygen atoms in total. The van der Waals surface area contributed by atoms with Gasteiger partial charge in [-0.2, -0.15) is 0 Å². The zero-order valence-electron chi connectivity index (χ0n) is 14.2. The highest BCUT2D eigenvalue weighted by Crippen LogP contribution is 2.24. The van der Waals surface area contributed by atoms with Crippen LogP contribution >= 0.6 is 11.3 Å². The lowest BCUT2D eigenvalue weighted by molar-refractivity contribution is -0.380. The molecule has 0 radical (unpaired) electrons. The average Bonchev–Trinajstić information content (AvgIpc) is 3.09. The molecule has 1 aromatic rings. The lowest BCUT2D eigenvalue weighted by Gasteiger charge is -2.38. The fourth-order valence-corrected chi connectivity index (χ4v) is 3.90. The second-order valence-corrected chi connectivity index (χ2v) is 6.96. The molecule has 1 saturated heterocycles. The van der Waals surface area contributed by atoms with Crippen molar-refractivity contribution in [3.05, 3.63) is 27.1 Å². The number of nitrogens with zero attached hydrogens (tertiary/aromatic N) is 2. The van der Waals surface area contributed by atoms with Gasteiger partial charge in [0.05, 0.1) is 23.0 Å². The van der Waals surface area contributed by atoms with Crippen LogP contribution in [0.15, 0.2) is 12.1 Å². The zero-order valence-corrected chi connectivity index (χ0v) is 15.0. The van der Waals surface area contributed by atoms with E-state index in [2.05, 4.69) is 24.1 Å². The van der Waals surface area contributed by atoms with Crippen molar-refractivity contribution in [3.63, 3.8) is 0 Å². The van der Waals surface area contributed by atoms with E-state index >= 15 is 0 Å². The van der Waals surface area contributed by atoms with Gasteiger partial charge in [-0.1, -0.05) is 38.0 Å². The van der Waals surface area contributed by atoms with Crippen LogP contribution in [0.3, 0.4) is 0 Å². The van der Waals surface area contributed by atoms with Crippen molar-refractivity contribution in [2.24, 2.45) is 5.92 Å². The van der Waals surface area contributed by atoms with E-state index in [1.807, 2.05) is 0 Å². The van der Waals surface area contributed by atoms with Crippen molar-refractivity contribution < 1.29 is 14.5 Å². The Kier molecular flexibility index (Phi) is 7.14. The molecule has 1 aliphatic heterocycles. The first-order valence-corrected chi connectivity index (χ1v) is 9.22. The van der Waals surface area contributed by atoms with Crippen LogP contribution in [0.2, 0.25) is 0 Å². The van der Waals surface area contributed by atoms with Gasteiger partial charge in [-0.05, 0) is 12.0 Å². The molecule has 1 amide bonds. The van der Waals surface area contributed by atoms with Gasteiger partial charge in [-0.25, -0.2) is 0 Å². The van der Waals surface area contributed by atoms with E-state index in [9.17, 15) is 14.9 Å². The minimum Gasteiger partial charge on any atom is -0.379 e. The minimum absolute atomic E-state index is 0.00938. The summed E-state index contributed by atoms with van der Waals surface area (Å²) in [5.74, 6) is 0.262. The smallest absolute Gasteiger partial charge is 0.324 e. The van der Waals surface area contributed by atoms with Crippen LogP contribution in [0.25, 0.3) is 0 Å². The second kappa shape index (κ2) is 9.10. The molecule has 24 heavy (non-hydrogen) atoms. The molecule has 8 heteroatoms. The van der Waals surface area contributed by atoms with E-state index in [0.717, 1.165) is 50.5 Å². The number of carbonyl (C=O) groups excluding carboxylic acids is 1. The topological polar surface area (TPSA) is 84.7 Å². The van der Waals surface area contributed by atoms with Gasteiger partial charge in [-0.15, -0.1) is 0 Å². The Bertz CT molecular complexity index is 553. The van der Waals surface area contributed by atoms with Gasteiger partial charge in [0.25, 0.3) is 5.91 Å². The molecule has 2 rings (SSSR count). The van der Waals surface area contributed by atoms with Gasteiger partial charge in [0.15, 0.2) is 0 Å². The summed E-state index contributed by atoms with van der Waals surface area (Å²) in [4.78, 5) is 25.3. The van der Waals surface area contributed by atoms with Crippen molar-refractivity contribution in [3.8, 4) is 0 Å². The number of carbonyl (C=O) groups is 1. The molecule has 0 aromatic carbocycles. The summed E-state index contributed by atoms with van der Waals surface area (Å²) in [6.45, 7) is 8.10. The third-order valence-corrected chi connectivity index (χ3v) is 5.61. The maximum absolute atomic E-state index is 12.3. The number of hydrogen-bond donors (Lipinski definition) is 1. The van der Waals surface area contributed by atoms with E-state index in [-0.39, 0.29) is 17.0 Å². The van der Waals surface area contributed by atoms with Crippen LogP contribution < -0.4 is 5.32 Å². The number of nitrogens with one attached hydrogen (secondary N) is 1. The second-order valence-electron chi connectivity index (χ2n) is 5.90. The summed E-state index contributed by atoms with van der Waals surface area (Å²) in [6.07, 6.45) is 2.11. The largest absolute Gasteiger partial charge is 0.379 e. The van der Waals surface area contributed by atoms with Crippen molar-refractivity contribution >= 4 is 22.2 Å². The van der Waals surface area contributed by atoms with Gasteiger partial charge in [0.1, 0.15) is 0 Å². The summed E-state index contributed by atoms with van der Waals surface area (Å²) in [6, 6.07) is 3.15. The van der Waals surface area contributed by atoms with E-state index in [1.54, 1.807) is 0 Å². The predicted octanol–water partition coefficient (Wildman–Crippen LogP) is 2.52. The normalized spacial score (nSPS) is 17.0. The Morgan fingerprint density at radius 1 is 1.38 bits per heavy atom. The highest BCUT2D eigenvalue weighted by atomic mass is 32.1. The molecular weight excluding hydrogens is 330 g/mol. The van der Waals surface area contributed by atoms with Crippen LogP contribution in [0.4, 0.5) is 5.00 Å². The summed E-state index contributed by atoms with van der Waals surface area (Å²) in [5, 5.41) is 13.7. The molecule has 0 saturated carbocycles. The molecule has 0 bridgehead atoms. The minimum atomic E-state index is -0.470. The summed E-state index contributed by atoms with van der Waals surface area (Å²) in [7, 11) is 0. The number of rotatable bonds is 8. The van der Waals surface area contributed by atoms with Gasteiger partial charge in [0, 0.05) is 31.7 Å². The van der Waals surface area contributed by atoms with Gasteiger partial charge >= 0.3 is 5.00 Å². The Hall–Kier alpha value is -1.51. The molecule has 0 spiro atoms. The summed E-state index contributed by atoms with van der Waals surface area (Å²) < 4.78 is 5.43. The maximum Gasteiger partial charge on any atom is 0.324 e. The molecule has 134 valence electrons. The predicted molar refractivity (Wildman–Crippen MR) is 93.6 cm³/mol. The van der Waals surface area contributed by atoms with E-state index in [4.69, 9.17) is 4.74 Å². The molecule has 1 N–H and O–H groups in total. The number of thiophene rings is 1. The van der Waals surface area contributed by atoms with Crippen LogP contribution in [0.1, 0.15) is 36.4 Å². The fraction of sp³-hybridized carbons (Fsp3) is 0.688. The highest BCUT2D eigenvalue weighted by Gasteiger charge is 2.27. The van der Waals surface area contributed by atoms with E-state index in [1.165, 1.54) is 12.1 Å². The Labute approximate surface area is 146 Å². The summed E-state index contributed by atoms with van der Waals surface area (Å²) >= 11 is 0.912. The lowest BCUT2D eigenvalue weighted by atomic mass is 9.92. The van der Waals surface area contributed by atoms with Gasteiger partial charge < -0.3 is 10.1 Å². The number of ether oxygens (including phenoxy) is 1. The van der Waals surface area contributed by atoms with E-state index < -0.39 is 4.92 Å². The monoisotopic (exact) mass is 355 g/mol. The molecular formula is C16H25N3O4S. The van der Waals surface area contributed by atoms with Gasteiger partial charge in [-0.3, -0.25) is 19.8 Å². The van der Waals surface area contributed by atoms with Crippen molar-refractivity contribution in [2.75, 3.05) is 32.8 Å². The van der Waals surface area contributed by atoms with Crippen LogP contribution in [0.5, 0.6) is 0 Å². The Morgan fingerprint density at radius 2 is 2.04 bits per heavy atom. The van der Waals surface area contributed by atoms with Crippen LogP contribution in [-0.4, -0.2) is 54.6 Å². The molecule has 0 aliphatic carbocycles. The Balaban J connectivity index is 1.99. The first-order valence-electron chi connectivity index (χ1n) is 8.41. The quantitative estimate of drug-likeness (QED) is 0.572. The fourth-order valence-electron chi connectivity index (χ4n) is 3.17. The van der Waals surface area contributed by atoms with Crippen LogP contribution in [-0.2, 0) is 4.74 Å². The molecule has 1 atom stereocenters. The molecule has 1 fully saturated rings. The maximum atomic E-state index is 12.3. The average molecular weight is 355 g/mol. The molecule has 0 unspecified atom stereocenters. The zero-order chi connectivity index (χ0) is 17.5. The lowest BCUT2D eigenvalue weighted by Crippen LogP contribution is -2.52. The number of amides is 1. The first-order chi connectivity index (χ1) is 11.6. The number of hydrogen-bond acceptors (Lipinski definition) is 6. The van der Waals surface area contributed by atoms with Crippen molar-refractivity contribution in [1.29, 1.82) is 0 Å². The number of nitro groups is 1. The van der Waals surface area contributed by atoms with Gasteiger partial charge in [0.2, 0.25) is 0 Å².